The molecule has 1 N–H and O–H groups in total. The monoisotopic (exact) mass is 328 g/mol. The van der Waals surface area contributed by atoms with Gasteiger partial charge in [-0.1, -0.05) is 13.0 Å². The van der Waals surface area contributed by atoms with Gasteiger partial charge in [0.25, 0.3) is 0 Å². The molecule has 0 radical (unpaired) electrons. The van der Waals surface area contributed by atoms with Gasteiger partial charge in [-0.05, 0) is 91.4 Å². The van der Waals surface area contributed by atoms with Crippen LogP contribution in [0, 0.1) is 24.2 Å². The van der Waals surface area contributed by atoms with Crippen LogP contribution in [0.2, 0.25) is 0 Å². The molecule has 3 nitrogen and oxygen atoms in total. The first-order valence-corrected chi connectivity index (χ1v) is 9.34. The number of hydrogen-bond donors (Lipinski definition) is 1. The fourth-order valence-electron chi connectivity index (χ4n) is 6.07. The minimum atomic E-state index is -0.227. The van der Waals surface area contributed by atoms with Crippen LogP contribution in [-0.4, -0.2) is 24.3 Å². The Morgan fingerprint density at radius 2 is 2.08 bits per heavy atom. The summed E-state index contributed by atoms with van der Waals surface area (Å²) in [5.74, 6) is 1.71. The van der Waals surface area contributed by atoms with E-state index < -0.39 is 0 Å². The highest BCUT2D eigenvalue weighted by Gasteiger charge is 2.53. The maximum absolute atomic E-state index is 12.0. The Labute approximate surface area is 144 Å². The molecule has 0 spiro atoms. The van der Waals surface area contributed by atoms with Crippen molar-refractivity contribution in [3.8, 4) is 0 Å². The van der Waals surface area contributed by atoms with Crippen molar-refractivity contribution in [3.63, 3.8) is 0 Å². The number of methoxy groups -OCH3 is 1. The maximum Gasteiger partial charge on any atom is 0.338 e. The Balaban J connectivity index is 1.71. The number of aliphatic hydroxyl groups is 1. The average molecular weight is 328 g/mol. The van der Waals surface area contributed by atoms with Crippen LogP contribution in [0.3, 0.4) is 0 Å². The van der Waals surface area contributed by atoms with Crippen LogP contribution in [0.4, 0.5) is 0 Å². The normalized spacial score (nSPS) is 37.3. The summed E-state index contributed by atoms with van der Waals surface area (Å²) in [7, 11) is 1.45. The molecule has 3 heteroatoms. The van der Waals surface area contributed by atoms with Crippen LogP contribution in [0.5, 0.6) is 0 Å². The highest BCUT2D eigenvalue weighted by molar-refractivity contribution is 5.91. The number of aliphatic hydroxyl groups excluding tert-OH is 1. The molecule has 4 rings (SSSR count). The van der Waals surface area contributed by atoms with Crippen molar-refractivity contribution in [2.45, 2.75) is 64.4 Å². The summed E-state index contributed by atoms with van der Waals surface area (Å²) in [5, 5.41) is 10.1. The first-order chi connectivity index (χ1) is 11.5. The summed E-state index contributed by atoms with van der Waals surface area (Å²) in [6.45, 7) is 4.54. The van der Waals surface area contributed by atoms with Crippen molar-refractivity contribution >= 4 is 5.97 Å². The fraction of sp³-hybridized carbons (Fsp3) is 0.667. The van der Waals surface area contributed by atoms with Gasteiger partial charge in [-0.3, -0.25) is 0 Å². The number of esters is 1. The van der Waals surface area contributed by atoms with Crippen LogP contribution in [0.15, 0.2) is 12.1 Å². The van der Waals surface area contributed by atoms with Crippen molar-refractivity contribution in [3.05, 3.63) is 34.4 Å². The zero-order chi connectivity index (χ0) is 17.1. The molecule has 0 aliphatic heterocycles. The third-order valence-electron chi connectivity index (χ3n) is 7.53. The van der Waals surface area contributed by atoms with E-state index in [2.05, 4.69) is 19.9 Å². The topological polar surface area (TPSA) is 46.5 Å². The number of benzene rings is 1. The van der Waals surface area contributed by atoms with Crippen molar-refractivity contribution < 1.29 is 14.6 Å². The van der Waals surface area contributed by atoms with Crippen LogP contribution in [-0.2, 0) is 11.2 Å². The van der Waals surface area contributed by atoms with Crippen molar-refractivity contribution in [1.82, 2.24) is 0 Å². The standard InChI is InChI=1S/C21H28O3/c1-12-15(20(23)24-3)6-7-16-17-5-4-13-10-14(22)8-9-21(13,2)19(17)11-18(12)16/h6-7,13-14,17,19,22H,4-5,8-11H2,1-3H3/t13-,14+,17-,19-,21-/m0/s1. The van der Waals surface area contributed by atoms with E-state index in [9.17, 15) is 9.90 Å². The lowest BCUT2D eigenvalue weighted by Gasteiger charge is -2.53. The lowest BCUT2D eigenvalue weighted by molar-refractivity contribution is -0.0508. The molecular formula is C21H28O3. The van der Waals surface area contributed by atoms with Crippen LogP contribution in [0.1, 0.15) is 72.0 Å². The second-order valence-corrected chi connectivity index (χ2v) is 8.42. The van der Waals surface area contributed by atoms with Gasteiger partial charge >= 0.3 is 5.97 Å². The Morgan fingerprint density at radius 3 is 2.83 bits per heavy atom. The molecule has 0 aromatic heterocycles. The third-order valence-corrected chi connectivity index (χ3v) is 7.53. The zero-order valence-electron chi connectivity index (χ0n) is 15.0. The number of fused-ring (bicyclic) bond motifs is 5. The zero-order valence-corrected chi connectivity index (χ0v) is 15.0. The van der Waals surface area contributed by atoms with Gasteiger partial charge in [-0.15, -0.1) is 0 Å². The minimum absolute atomic E-state index is 0.101. The number of rotatable bonds is 1. The predicted molar refractivity (Wildman–Crippen MR) is 93.1 cm³/mol. The molecule has 3 aliphatic rings. The van der Waals surface area contributed by atoms with Crippen LogP contribution >= 0.6 is 0 Å². The number of ether oxygens (including phenoxy) is 1. The quantitative estimate of drug-likeness (QED) is 0.793. The molecule has 1 aromatic carbocycles. The highest BCUT2D eigenvalue weighted by atomic mass is 16.5. The minimum Gasteiger partial charge on any atom is -0.465 e. The highest BCUT2D eigenvalue weighted by Crippen LogP contribution is 2.61. The fourth-order valence-corrected chi connectivity index (χ4v) is 6.07. The average Bonchev–Trinajstić information content (AvgIpc) is 2.96. The number of carbonyl (C=O) groups excluding carboxylic acids is 1. The Kier molecular flexibility index (Phi) is 3.76. The van der Waals surface area contributed by atoms with E-state index >= 15 is 0 Å². The van der Waals surface area contributed by atoms with Gasteiger partial charge in [0.2, 0.25) is 0 Å². The molecule has 130 valence electrons. The second-order valence-electron chi connectivity index (χ2n) is 8.42. The van der Waals surface area contributed by atoms with E-state index in [0.29, 0.717) is 23.2 Å². The summed E-state index contributed by atoms with van der Waals surface area (Å²) >= 11 is 0. The Bertz CT molecular complexity index is 680. The van der Waals surface area contributed by atoms with E-state index in [1.807, 2.05) is 6.07 Å². The van der Waals surface area contributed by atoms with Crippen molar-refractivity contribution in [1.29, 1.82) is 0 Å². The molecule has 1 aromatic rings. The first kappa shape index (κ1) is 16.1. The largest absolute Gasteiger partial charge is 0.465 e. The molecule has 3 aliphatic carbocycles. The summed E-state index contributed by atoms with van der Waals surface area (Å²) in [4.78, 5) is 12.0. The maximum atomic E-state index is 12.0. The van der Waals surface area contributed by atoms with Crippen molar-refractivity contribution in [2.75, 3.05) is 7.11 Å². The summed E-state index contributed by atoms with van der Waals surface area (Å²) in [6.07, 6.45) is 6.49. The molecule has 0 saturated heterocycles. The van der Waals surface area contributed by atoms with E-state index in [-0.39, 0.29) is 12.1 Å². The van der Waals surface area contributed by atoms with Crippen LogP contribution in [0.25, 0.3) is 0 Å². The van der Waals surface area contributed by atoms with Gasteiger partial charge in [0.05, 0.1) is 18.8 Å². The molecule has 0 bridgehead atoms. The van der Waals surface area contributed by atoms with Gasteiger partial charge in [0.15, 0.2) is 0 Å². The summed E-state index contributed by atoms with van der Waals surface area (Å²) in [6, 6.07) is 4.14. The SMILES string of the molecule is COC(=O)c1ccc2c(c1C)C[C@H]1[C@H]2CC[C@H]2C[C@H](O)CC[C@@]21C. The van der Waals surface area contributed by atoms with E-state index in [0.717, 1.165) is 36.8 Å². The molecule has 0 unspecified atom stereocenters. The Morgan fingerprint density at radius 1 is 1.29 bits per heavy atom. The van der Waals surface area contributed by atoms with Gasteiger partial charge in [-0.25, -0.2) is 4.79 Å². The molecule has 24 heavy (non-hydrogen) atoms. The smallest absolute Gasteiger partial charge is 0.338 e. The number of carbonyl (C=O) groups is 1. The van der Waals surface area contributed by atoms with Gasteiger partial charge < -0.3 is 9.84 Å². The number of hydrogen-bond acceptors (Lipinski definition) is 3. The van der Waals surface area contributed by atoms with Crippen molar-refractivity contribution in [2.24, 2.45) is 17.3 Å². The lowest BCUT2D eigenvalue weighted by atomic mass is 9.52. The Hall–Kier alpha value is -1.35. The molecule has 2 fully saturated rings. The van der Waals surface area contributed by atoms with Gasteiger partial charge in [-0.2, -0.15) is 0 Å². The van der Waals surface area contributed by atoms with E-state index in [4.69, 9.17) is 4.74 Å². The summed E-state index contributed by atoms with van der Waals surface area (Å²) in [5.41, 5.74) is 5.02. The van der Waals surface area contributed by atoms with E-state index in [1.165, 1.54) is 31.1 Å². The molecule has 0 heterocycles. The first-order valence-electron chi connectivity index (χ1n) is 9.34. The lowest BCUT2D eigenvalue weighted by Crippen LogP contribution is -2.46. The molecule has 5 atom stereocenters. The molecule has 0 amide bonds. The molecule has 2 saturated carbocycles. The van der Waals surface area contributed by atoms with Crippen LogP contribution < -0.4 is 0 Å². The van der Waals surface area contributed by atoms with Gasteiger partial charge in [0.1, 0.15) is 0 Å². The second kappa shape index (κ2) is 5.59. The van der Waals surface area contributed by atoms with Gasteiger partial charge in [0, 0.05) is 0 Å². The molecular weight excluding hydrogens is 300 g/mol. The third kappa shape index (κ3) is 2.17. The predicted octanol–water partition coefficient (Wildman–Crippen LogP) is 4.00. The van der Waals surface area contributed by atoms with E-state index in [1.54, 1.807) is 0 Å². The summed E-state index contributed by atoms with van der Waals surface area (Å²) < 4.78 is 4.95.